The van der Waals surface area contributed by atoms with Gasteiger partial charge in [-0.2, -0.15) is 0 Å². The van der Waals surface area contributed by atoms with Crippen molar-refractivity contribution >= 4 is 38.4 Å². The smallest absolute Gasteiger partial charge is 0.333 e. The Labute approximate surface area is 171 Å². The van der Waals surface area contributed by atoms with Crippen molar-refractivity contribution in [2.24, 2.45) is 0 Å². The number of hydrogen-bond donors (Lipinski definition) is 2. The molecule has 2 N–H and O–H groups in total. The van der Waals surface area contributed by atoms with Gasteiger partial charge in [0.25, 0.3) is 10.0 Å². The summed E-state index contributed by atoms with van der Waals surface area (Å²) in [6, 6.07) is 8.93. The number of aromatic nitrogens is 2. The Morgan fingerprint density at radius 3 is 2.57 bits per heavy atom. The highest BCUT2D eigenvalue weighted by Crippen LogP contribution is 2.35. The third kappa shape index (κ3) is 3.46. The van der Waals surface area contributed by atoms with Gasteiger partial charge in [0.2, 0.25) is 0 Å². The van der Waals surface area contributed by atoms with E-state index in [0.717, 1.165) is 17.3 Å². The second-order valence-corrected chi connectivity index (χ2v) is 8.36. The number of carbonyl (C=O) groups is 1. The molecule has 0 spiro atoms. The number of rotatable bonds is 7. The van der Waals surface area contributed by atoms with Crippen molar-refractivity contribution in [2.75, 3.05) is 19.0 Å². The summed E-state index contributed by atoms with van der Waals surface area (Å²) in [4.78, 5) is 26.9. The molecule has 1 atom stereocenters. The van der Waals surface area contributed by atoms with Crippen molar-refractivity contribution in [3.63, 3.8) is 0 Å². The zero-order valence-electron chi connectivity index (χ0n) is 16.0. The van der Waals surface area contributed by atoms with Crippen molar-refractivity contribution in [1.29, 1.82) is 0 Å². The van der Waals surface area contributed by atoms with Crippen LogP contribution in [0.3, 0.4) is 0 Å². The van der Waals surface area contributed by atoms with E-state index in [1.807, 2.05) is 0 Å². The fraction of sp³-hybridized carbons (Fsp3) is 0.222. The number of methoxy groups -OCH3 is 1. The summed E-state index contributed by atoms with van der Waals surface area (Å²) < 4.78 is 31.5. The normalized spacial score (nSPS) is 13.6. The molecular formula is C18H18N4O7S. The number of ether oxygens (including phenoxy) is 1. The number of nitro groups is 1. The van der Waals surface area contributed by atoms with Crippen LogP contribution in [0.15, 0.2) is 53.7 Å². The maximum absolute atomic E-state index is 13.0. The molecule has 2 heterocycles. The maximum Gasteiger partial charge on any atom is 0.333 e. The van der Waals surface area contributed by atoms with Gasteiger partial charge >= 0.3 is 11.7 Å². The molecule has 0 fully saturated rings. The Balaban J connectivity index is 2.24. The third-order valence-electron chi connectivity index (χ3n) is 4.51. The highest BCUT2D eigenvalue weighted by atomic mass is 32.2. The van der Waals surface area contributed by atoms with Gasteiger partial charge in [-0.1, -0.05) is 18.2 Å². The first-order valence-electron chi connectivity index (χ1n) is 8.58. The average molecular weight is 434 g/mol. The lowest BCUT2D eigenvalue weighted by Gasteiger charge is -2.26. The quantitative estimate of drug-likeness (QED) is 0.320. The number of pyridine rings is 1. The highest BCUT2D eigenvalue weighted by molar-refractivity contribution is 7.90. The van der Waals surface area contributed by atoms with Gasteiger partial charge in [-0.25, -0.2) is 22.2 Å². The van der Waals surface area contributed by atoms with E-state index in [1.165, 1.54) is 31.3 Å². The van der Waals surface area contributed by atoms with Crippen LogP contribution in [0, 0.1) is 10.1 Å². The van der Waals surface area contributed by atoms with Gasteiger partial charge in [0.1, 0.15) is 11.9 Å². The predicted molar refractivity (Wildman–Crippen MR) is 107 cm³/mol. The minimum absolute atomic E-state index is 0.00641. The Hall–Kier alpha value is -3.51. The van der Waals surface area contributed by atoms with Gasteiger partial charge in [0.15, 0.2) is 11.2 Å². The van der Waals surface area contributed by atoms with Crippen molar-refractivity contribution < 1.29 is 28.0 Å². The molecule has 0 bridgehead atoms. The van der Waals surface area contributed by atoms with Crippen LogP contribution in [0.5, 0.6) is 0 Å². The summed E-state index contributed by atoms with van der Waals surface area (Å²) in [6.45, 7) is 0.566. The topological polar surface area (TPSA) is 154 Å². The first-order chi connectivity index (χ1) is 14.2. The minimum Gasteiger partial charge on any atom is -0.467 e. The van der Waals surface area contributed by atoms with Gasteiger partial charge in [-0.15, -0.1) is 0 Å². The predicted octanol–water partition coefficient (Wildman–Crippen LogP) is 1.52. The van der Waals surface area contributed by atoms with Crippen LogP contribution in [-0.4, -0.2) is 52.6 Å². The van der Waals surface area contributed by atoms with Crippen molar-refractivity contribution in [3.8, 4) is 0 Å². The Kier molecular flexibility index (Phi) is 5.46. The molecule has 0 aliphatic carbocycles. The van der Waals surface area contributed by atoms with E-state index in [4.69, 9.17) is 0 Å². The van der Waals surface area contributed by atoms with Crippen LogP contribution in [0.25, 0.3) is 11.0 Å². The zero-order valence-corrected chi connectivity index (χ0v) is 16.8. The standard InChI is InChI=1S/C18H18N4O7S/c1-18(11-23,17(24)29-2)20-15-13-8-9-21(16(13)19-10-14(15)22(25)26)30(27,28)12-6-4-3-5-7-12/h3-10,23H,11H2,1-2H3,(H,19,20)/t18-/m0/s1. The number of hydrogen-bond acceptors (Lipinski definition) is 9. The van der Waals surface area contributed by atoms with Crippen molar-refractivity contribution in [3.05, 3.63) is 58.9 Å². The van der Waals surface area contributed by atoms with E-state index < -0.39 is 38.7 Å². The number of benzene rings is 1. The number of fused-ring (bicyclic) bond motifs is 1. The maximum atomic E-state index is 13.0. The summed E-state index contributed by atoms with van der Waals surface area (Å²) in [7, 11) is -2.92. The number of aliphatic hydroxyl groups excluding tert-OH is 1. The molecule has 0 aliphatic rings. The van der Waals surface area contributed by atoms with Gasteiger partial charge in [0, 0.05) is 6.20 Å². The lowest BCUT2D eigenvalue weighted by molar-refractivity contribution is -0.384. The van der Waals surface area contributed by atoms with Gasteiger partial charge in [-0.05, 0) is 25.1 Å². The molecule has 0 radical (unpaired) electrons. The number of anilines is 1. The molecule has 0 saturated carbocycles. The summed E-state index contributed by atoms with van der Waals surface area (Å²) in [6.07, 6.45) is 2.10. The Morgan fingerprint density at radius 1 is 1.33 bits per heavy atom. The van der Waals surface area contributed by atoms with Crippen LogP contribution < -0.4 is 5.32 Å². The first-order valence-corrected chi connectivity index (χ1v) is 10.0. The van der Waals surface area contributed by atoms with Crippen LogP contribution in [0.1, 0.15) is 6.92 Å². The van der Waals surface area contributed by atoms with Crippen LogP contribution in [0.4, 0.5) is 11.4 Å². The van der Waals surface area contributed by atoms with Gasteiger partial charge in [-0.3, -0.25) is 10.1 Å². The number of carbonyl (C=O) groups excluding carboxylic acids is 1. The minimum atomic E-state index is -4.03. The first kappa shape index (κ1) is 21.2. The third-order valence-corrected chi connectivity index (χ3v) is 6.19. The molecular weight excluding hydrogens is 416 g/mol. The van der Waals surface area contributed by atoms with Gasteiger partial charge < -0.3 is 15.2 Å². The van der Waals surface area contributed by atoms with Crippen molar-refractivity contribution in [2.45, 2.75) is 17.4 Å². The number of aliphatic hydroxyl groups is 1. The van der Waals surface area contributed by atoms with E-state index >= 15 is 0 Å². The lowest BCUT2D eigenvalue weighted by Crippen LogP contribution is -2.47. The second-order valence-electron chi connectivity index (χ2n) is 6.55. The van der Waals surface area contributed by atoms with E-state index in [9.17, 15) is 28.4 Å². The molecule has 30 heavy (non-hydrogen) atoms. The van der Waals surface area contributed by atoms with E-state index in [-0.39, 0.29) is 21.6 Å². The Morgan fingerprint density at radius 2 is 2.00 bits per heavy atom. The molecule has 1 aromatic carbocycles. The summed E-state index contributed by atoms with van der Waals surface area (Å²) in [5.41, 5.74) is -2.47. The molecule has 12 heteroatoms. The van der Waals surface area contributed by atoms with E-state index in [0.29, 0.717) is 0 Å². The highest BCUT2D eigenvalue weighted by Gasteiger charge is 2.37. The second kappa shape index (κ2) is 7.72. The molecule has 0 unspecified atom stereocenters. The molecule has 0 amide bonds. The SMILES string of the molecule is COC(=O)[C@](C)(CO)Nc1c([N+](=O)[O-])cnc2c1ccn2S(=O)(=O)c1ccccc1. The van der Waals surface area contributed by atoms with E-state index in [1.54, 1.807) is 18.2 Å². The molecule has 11 nitrogen and oxygen atoms in total. The van der Waals surface area contributed by atoms with Crippen LogP contribution >= 0.6 is 0 Å². The number of nitrogens with zero attached hydrogens (tertiary/aromatic N) is 3. The molecule has 158 valence electrons. The average Bonchev–Trinajstić information content (AvgIpc) is 3.19. The number of nitrogens with one attached hydrogen (secondary N) is 1. The molecule has 2 aromatic heterocycles. The van der Waals surface area contributed by atoms with Crippen LogP contribution in [0.2, 0.25) is 0 Å². The van der Waals surface area contributed by atoms with Gasteiger partial charge in [0.05, 0.1) is 28.9 Å². The molecule has 3 rings (SSSR count). The molecule has 0 saturated heterocycles. The zero-order chi connectivity index (χ0) is 22.1. The summed E-state index contributed by atoms with van der Waals surface area (Å²) >= 11 is 0. The summed E-state index contributed by atoms with van der Waals surface area (Å²) in [5.74, 6) is -0.861. The Bertz CT molecular complexity index is 1220. The van der Waals surface area contributed by atoms with Crippen molar-refractivity contribution in [1.82, 2.24) is 8.96 Å². The van der Waals surface area contributed by atoms with E-state index in [2.05, 4.69) is 15.0 Å². The monoisotopic (exact) mass is 434 g/mol. The summed E-state index contributed by atoms with van der Waals surface area (Å²) in [5, 5.41) is 23.9. The largest absolute Gasteiger partial charge is 0.467 e. The molecule has 3 aromatic rings. The number of esters is 1. The fourth-order valence-electron chi connectivity index (χ4n) is 2.88. The fourth-order valence-corrected chi connectivity index (χ4v) is 4.20. The lowest BCUT2D eigenvalue weighted by atomic mass is 10.0. The molecule has 0 aliphatic heterocycles. The van der Waals surface area contributed by atoms with Crippen LogP contribution in [-0.2, 0) is 19.6 Å².